The van der Waals surface area contributed by atoms with Crippen molar-refractivity contribution in [2.24, 2.45) is 0 Å². The molecule has 1 aromatic carbocycles. The molecule has 1 amide bonds. The van der Waals surface area contributed by atoms with Crippen LogP contribution in [-0.2, 0) is 11.3 Å². The summed E-state index contributed by atoms with van der Waals surface area (Å²) in [6.45, 7) is 4.42. The van der Waals surface area contributed by atoms with Crippen LogP contribution in [0.3, 0.4) is 0 Å². The quantitative estimate of drug-likeness (QED) is 0.731. The minimum Gasteiger partial charge on any atom is -0.394 e. The van der Waals surface area contributed by atoms with Crippen molar-refractivity contribution in [2.45, 2.75) is 32.9 Å². The number of carbonyl (C=O) groups excluding carboxylic acids is 1. The van der Waals surface area contributed by atoms with Crippen molar-refractivity contribution in [3.63, 3.8) is 0 Å². The van der Waals surface area contributed by atoms with E-state index in [0.29, 0.717) is 13.0 Å². The van der Waals surface area contributed by atoms with Gasteiger partial charge in [0.15, 0.2) is 0 Å². The van der Waals surface area contributed by atoms with Gasteiger partial charge >= 0.3 is 0 Å². The summed E-state index contributed by atoms with van der Waals surface area (Å²) in [4.78, 5) is 12.1. The second kappa shape index (κ2) is 7.61. The molecule has 2 rings (SSSR count). The fourth-order valence-electron chi connectivity index (χ4n) is 2.19. The summed E-state index contributed by atoms with van der Waals surface area (Å²) in [5.74, 6) is -0.0305. The number of para-hydroxylation sites is 1. The van der Waals surface area contributed by atoms with E-state index in [1.807, 2.05) is 44.3 Å². The van der Waals surface area contributed by atoms with Gasteiger partial charge < -0.3 is 15.7 Å². The van der Waals surface area contributed by atoms with Crippen LogP contribution in [0.15, 0.2) is 36.7 Å². The van der Waals surface area contributed by atoms with Crippen molar-refractivity contribution in [1.29, 1.82) is 0 Å². The Hall–Kier alpha value is -2.34. The monoisotopic (exact) mass is 302 g/mol. The zero-order chi connectivity index (χ0) is 15.9. The van der Waals surface area contributed by atoms with Crippen molar-refractivity contribution >= 4 is 17.3 Å². The van der Waals surface area contributed by atoms with Gasteiger partial charge in [-0.05, 0) is 25.5 Å². The molecular formula is C16H22N4O2. The summed E-state index contributed by atoms with van der Waals surface area (Å²) < 4.78 is 1.66. The predicted octanol–water partition coefficient (Wildman–Crippen LogP) is 2.01. The first kappa shape index (κ1) is 16.0. The van der Waals surface area contributed by atoms with Crippen LogP contribution in [-0.4, -0.2) is 33.4 Å². The third-order valence-corrected chi connectivity index (χ3v) is 3.29. The Balaban J connectivity index is 1.84. The van der Waals surface area contributed by atoms with Crippen LogP contribution < -0.4 is 10.6 Å². The molecule has 22 heavy (non-hydrogen) atoms. The molecule has 6 heteroatoms. The van der Waals surface area contributed by atoms with Gasteiger partial charge in [0.05, 0.1) is 25.0 Å². The molecule has 0 saturated heterocycles. The highest BCUT2D eigenvalue weighted by Crippen LogP contribution is 2.14. The number of nitrogens with zero attached hydrogens (tertiary/aromatic N) is 2. The summed E-state index contributed by atoms with van der Waals surface area (Å²) in [6, 6.07) is 7.69. The van der Waals surface area contributed by atoms with E-state index in [0.717, 1.165) is 16.9 Å². The van der Waals surface area contributed by atoms with E-state index < -0.39 is 0 Å². The largest absolute Gasteiger partial charge is 0.394 e. The van der Waals surface area contributed by atoms with Crippen LogP contribution >= 0.6 is 0 Å². The molecule has 1 unspecified atom stereocenters. The highest BCUT2D eigenvalue weighted by molar-refractivity contribution is 5.92. The lowest BCUT2D eigenvalue weighted by atomic mass is 10.2. The van der Waals surface area contributed by atoms with Crippen LogP contribution in [0.5, 0.6) is 0 Å². The topological polar surface area (TPSA) is 79.2 Å². The summed E-state index contributed by atoms with van der Waals surface area (Å²) in [6.07, 6.45) is 3.86. The lowest BCUT2D eigenvalue weighted by Gasteiger charge is -2.14. The molecule has 0 bridgehead atoms. The first-order chi connectivity index (χ1) is 10.6. The highest BCUT2D eigenvalue weighted by atomic mass is 16.3. The second-order valence-electron chi connectivity index (χ2n) is 5.33. The molecule has 118 valence electrons. The van der Waals surface area contributed by atoms with Gasteiger partial charge in [-0.25, -0.2) is 0 Å². The van der Waals surface area contributed by atoms with Crippen LogP contribution in [0, 0.1) is 6.92 Å². The molecule has 1 heterocycles. The molecule has 0 aliphatic carbocycles. The number of anilines is 2. The SMILES string of the molecule is Cc1ccccc1NC(=O)CC(C)Nc1cnn(CCO)c1. The minimum absolute atomic E-state index is 0.0178. The molecule has 0 fully saturated rings. The van der Waals surface area contributed by atoms with Gasteiger partial charge in [0, 0.05) is 24.3 Å². The number of rotatable bonds is 7. The molecule has 6 nitrogen and oxygen atoms in total. The van der Waals surface area contributed by atoms with Gasteiger partial charge in [-0.3, -0.25) is 9.48 Å². The summed E-state index contributed by atoms with van der Waals surface area (Å²) in [7, 11) is 0. The molecule has 0 aliphatic rings. The summed E-state index contributed by atoms with van der Waals surface area (Å²) in [5, 5.41) is 19.1. The van der Waals surface area contributed by atoms with Gasteiger partial charge in [0.25, 0.3) is 0 Å². The number of amides is 1. The molecule has 0 spiro atoms. The lowest BCUT2D eigenvalue weighted by Crippen LogP contribution is -2.23. The Bertz CT molecular complexity index is 624. The van der Waals surface area contributed by atoms with Crippen LogP contribution in [0.4, 0.5) is 11.4 Å². The molecule has 2 aromatic rings. The Morgan fingerprint density at radius 2 is 2.18 bits per heavy atom. The Morgan fingerprint density at radius 1 is 1.41 bits per heavy atom. The normalized spacial score (nSPS) is 12.0. The van der Waals surface area contributed by atoms with E-state index in [-0.39, 0.29) is 18.6 Å². The van der Waals surface area contributed by atoms with E-state index in [1.54, 1.807) is 10.9 Å². The van der Waals surface area contributed by atoms with E-state index in [1.165, 1.54) is 0 Å². The van der Waals surface area contributed by atoms with Gasteiger partial charge in [0.1, 0.15) is 0 Å². The number of nitrogens with one attached hydrogen (secondary N) is 2. The van der Waals surface area contributed by atoms with Gasteiger partial charge in [-0.15, -0.1) is 0 Å². The number of hydrogen-bond donors (Lipinski definition) is 3. The fourth-order valence-corrected chi connectivity index (χ4v) is 2.19. The number of carbonyl (C=O) groups is 1. The maximum Gasteiger partial charge on any atom is 0.226 e. The maximum absolute atomic E-state index is 12.1. The minimum atomic E-state index is -0.0305. The zero-order valence-electron chi connectivity index (χ0n) is 12.9. The molecule has 1 aromatic heterocycles. The van der Waals surface area contributed by atoms with Crippen LogP contribution in [0.1, 0.15) is 18.9 Å². The number of aromatic nitrogens is 2. The first-order valence-corrected chi connectivity index (χ1v) is 7.34. The Morgan fingerprint density at radius 3 is 2.91 bits per heavy atom. The first-order valence-electron chi connectivity index (χ1n) is 7.34. The van der Waals surface area contributed by atoms with Crippen molar-refractivity contribution in [1.82, 2.24) is 9.78 Å². The van der Waals surface area contributed by atoms with E-state index in [2.05, 4.69) is 15.7 Å². The average Bonchev–Trinajstić information content (AvgIpc) is 2.89. The third-order valence-electron chi connectivity index (χ3n) is 3.29. The van der Waals surface area contributed by atoms with Crippen molar-refractivity contribution in [2.75, 3.05) is 17.2 Å². The predicted molar refractivity (Wildman–Crippen MR) is 86.8 cm³/mol. The van der Waals surface area contributed by atoms with Crippen molar-refractivity contribution < 1.29 is 9.90 Å². The number of benzene rings is 1. The number of aryl methyl sites for hydroxylation is 1. The van der Waals surface area contributed by atoms with Gasteiger partial charge in [-0.2, -0.15) is 5.10 Å². The summed E-state index contributed by atoms with van der Waals surface area (Å²) in [5.41, 5.74) is 2.72. The van der Waals surface area contributed by atoms with Crippen LogP contribution in [0.25, 0.3) is 0 Å². The van der Waals surface area contributed by atoms with Crippen LogP contribution in [0.2, 0.25) is 0 Å². The Labute approximate surface area is 130 Å². The molecular weight excluding hydrogens is 280 g/mol. The van der Waals surface area contributed by atoms with Crippen molar-refractivity contribution in [3.05, 3.63) is 42.2 Å². The smallest absolute Gasteiger partial charge is 0.226 e. The molecule has 0 radical (unpaired) electrons. The van der Waals surface area contributed by atoms with E-state index in [4.69, 9.17) is 5.11 Å². The highest BCUT2D eigenvalue weighted by Gasteiger charge is 2.11. The van der Waals surface area contributed by atoms with E-state index >= 15 is 0 Å². The average molecular weight is 302 g/mol. The molecule has 3 N–H and O–H groups in total. The Kier molecular flexibility index (Phi) is 5.55. The summed E-state index contributed by atoms with van der Waals surface area (Å²) >= 11 is 0. The standard InChI is InChI=1S/C16H22N4O2/c1-12-5-3-4-6-15(12)19-16(22)9-13(2)18-14-10-17-20(11-14)7-8-21/h3-6,10-11,13,18,21H,7-9H2,1-2H3,(H,19,22). The lowest BCUT2D eigenvalue weighted by molar-refractivity contribution is -0.116. The number of hydrogen-bond acceptors (Lipinski definition) is 4. The fraction of sp³-hybridized carbons (Fsp3) is 0.375. The van der Waals surface area contributed by atoms with Gasteiger partial charge in [0.2, 0.25) is 5.91 Å². The molecule has 0 saturated carbocycles. The molecule has 0 aliphatic heterocycles. The number of aliphatic hydroxyl groups excluding tert-OH is 1. The zero-order valence-corrected chi connectivity index (χ0v) is 12.9. The number of aliphatic hydroxyl groups is 1. The second-order valence-corrected chi connectivity index (χ2v) is 5.33. The van der Waals surface area contributed by atoms with Crippen molar-refractivity contribution in [3.8, 4) is 0 Å². The third kappa shape index (κ3) is 4.60. The maximum atomic E-state index is 12.1. The van der Waals surface area contributed by atoms with Gasteiger partial charge in [-0.1, -0.05) is 18.2 Å². The van der Waals surface area contributed by atoms with E-state index in [9.17, 15) is 4.79 Å². The molecule has 1 atom stereocenters.